The number of piperazine rings is 1. The van der Waals surface area contributed by atoms with E-state index in [2.05, 4.69) is 27.3 Å². The lowest BCUT2D eigenvalue weighted by molar-refractivity contribution is 0.194. The minimum atomic E-state index is 0.653. The van der Waals surface area contributed by atoms with Crippen LogP contribution in [0.25, 0.3) is 0 Å². The molecule has 5 nitrogen and oxygen atoms in total. The molecule has 1 aliphatic rings. The Kier molecular flexibility index (Phi) is 4.50. The van der Waals surface area contributed by atoms with Crippen LogP contribution in [0.5, 0.6) is 0 Å². The lowest BCUT2D eigenvalue weighted by atomic mass is 10.1. The minimum absolute atomic E-state index is 0.653. The lowest BCUT2D eigenvalue weighted by Crippen LogP contribution is -2.50. The van der Waals surface area contributed by atoms with Crippen molar-refractivity contribution in [3.05, 3.63) is 11.7 Å². The number of rotatable bonds is 5. The third-order valence-corrected chi connectivity index (χ3v) is 3.20. The first-order chi connectivity index (χ1) is 8.28. The zero-order valence-electron chi connectivity index (χ0n) is 10.8. The van der Waals surface area contributed by atoms with Crippen LogP contribution in [0, 0.1) is 6.92 Å². The second kappa shape index (κ2) is 6.12. The number of aromatic nitrogens is 2. The Bertz CT molecular complexity index is 337. The van der Waals surface area contributed by atoms with Gasteiger partial charge in [-0.3, -0.25) is 0 Å². The molecular weight excluding hydrogens is 216 g/mol. The molecule has 1 saturated heterocycles. The summed E-state index contributed by atoms with van der Waals surface area (Å²) in [6.07, 6.45) is 3.39. The summed E-state index contributed by atoms with van der Waals surface area (Å²) in [5.74, 6) is 1.48. The van der Waals surface area contributed by atoms with Crippen LogP contribution in [0.3, 0.4) is 0 Å². The van der Waals surface area contributed by atoms with E-state index >= 15 is 0 Å². The largest absolute Gasteiger partial charge is 0.340 e. The molecule has 2 heterocycles. The van der Waals surface area contributed by atoms with Crippen molar-refractivity contribution in [3.63, 3.8) is 0 Å². The summed E-state index contributed by atoms with van der Waals surface area (Å²) in [4.78, 5) is 6.72. The SMILES string of the molecule is CCCC1CN(CCc2noc(C)n2)CCN1. The van der Waals surface area contributed by atoms with E-state index in [9.17, 15) is 0 Å². The van der Waals surface area contributed by atoms with Crippen molar-refractivity contribution in [2.24, 2.45) is 0 Å². The zero-order chi connectivity index (χ0) is 12.1. The van der Waals surface area contributed by atoms with E-state index in [0.717, 1.165) is 38.4 Å². The van der Waals surface area contributed by atoms with Gasteiger partial charge in [0.25, 0.3) is 0 Å². The van der Waals surface area contributed by atoms with Crippen LogP contribution in [0.15, 0.2) is 4.52 Å². The standard InChI is InChI=1S/C12H22N4O/c1-3-4-11-9-16(8-6-13-11)7-5-12-14-10(2)17-15-12/h11,13H,3-9H2,1-2H3. The predicted octanol–water partition coefficient (Wildman–Crippen LogP) is 0.994. The van der Waals surface area contributed by atoms with E-state index in [0.29, 0.717) is 11.9 Å². The molecule has 0 radical (unpaired) electrons. The topological polar surface area (TPSA) is 54.2 Å². The molecule has 1 aliphatic heterocycles. The monoisotopic (exact) mass is 238 g/mol. The first-order valence-corrected chi connectivity index (χ1v) is 6.53. The molecular formula is C12H22N4O. The van der Waals surface area contributed by atoms with E-state index in [1.54, 1.807) is 0 Å². The molecule has 0 spiro atoms. The second-order valence-corrected chi connectivity index (χ2v) is 4.72. The van der Waals surface area contributed by atoms with E-state index < -0.39 is 0 Å². The van der Waals surface area contributed by atoms with Crippen molar-refractivity contribution < 1.29 is 4.52 Å². The van der Waals surface area contributed by atoms with Gasteiger partial charge < -0.3 is 14.7 Å². The van der Waals surface area contributed by atoms with Crippen molar-refractivity contribution >= 4 is 0 Å². The molecule has 0 aliphatic carbocycles. The van der Waals surface area contributed by atoms with E-state index in [1.807, 2.05) is 6.92 Å². The van der Waals surface area contributed by atoms with Crippen molar-refractivity contribution in [2.75, 3.05) is 26.2 Å². The summed E-state index contributed by atoms with van der Waals surface area (Å²) in [7, 11) is 0. The summed E-state index contributed by atoms with van der Waals surface area (Å²) < 4.78 is 4.97. The van der Waals surface area contributed by atoms with Gasteiger partial charge >= 0.3 is 0 Å². The van der Waals surface area contributed by atoms with Crippen LogP contribution in [-0.4, -0.2) is 47.3 Å². The van der Waals surface area contributed by atoms with Gasteiger partial charge in [0.05, 0.1) is 0 Å². The van der Waals surface area contributed by atoms with Gasteiger partial charge in [0.2, 0.25) is 5.89 Å². The van der Waals surface area contributed by atoms with E-state index in [-0.39, 0.29) is 0 Å². The molecule has 1 unspecified atom stereocenters. The quantitative estimate of drug-likeness (QED) is 0.829. The van der Waals surface area contributed by atoms with E-state index in [4.69, 9.17) is 4.52 Å². The summed E-state index contributed by atoms with van der Waals surface area (Å²) in [5, 5.41) is 7.49. The predicted molar refractivity (Wildman–Crippen MR) is 65.9 cm³/mol. The van der Waals surface area contributed by atoms with E-state index in [1.165, 1.54) is 12.8 Å². The minimum Gasteiger partial charge on any atom is -0.340 e. The summed E-state index contributed by atoms with van der Waals surface area (Å²) in [6, 6.07) is 0.653. The average Bonchev–Trinajstić information content (AvgIpc) is 2.74. The Morgan fingerprint density at radius 1 is 1.53 bits per heavy atom. The molecule has 0 saturated carbocycles. The molecule has 1 N–H and O–H groups in total. The Morgan fingerprint density at radius 3 is 3.12 bits per heavy atom. The number of nitrogens with one attached hydrogen (secondary N) is 1. The summed E-state index contributed by atoms with van der Waals surface area (Å²) in [5.41, 5.74) is 0. The molecule has 5 heteroatoms. The van der Waals surface area contributed by atoms with Gasteiger partial charge in [0, 0.05) is 45.6 Å². The Balaban J connectivity index is 1.75. The van der Waals surface area contributed by atoms with Crippen molar-refractivity contribution in [1.29, 1.82) is 0 Å². The molecule has 0 aromatic carbocycles. The Hall–Kier alpha value is -0.940. The number of hydrogen-bond acceptors (Lipinski definition) is 5. The zero-order valence-corrected chi connectivity index (χ0v) is 10.8. The molecule has 96 valence electrons. The molecule has 0 amide bonds. The fourth-order valence-corrected chi connectivity index (χ4v) is 2.34. The van der Waals surface area contributed by atoms with Gasteiger partial charge in [-0.25, -0.2) is 0 Å². The third-order valence-electron chi connectivity index (χ3n) is 3.20. The van der Waals surface area contributed by atoms with Crippen LogP contribution in [0.2, 0.25) is 0 Å². The Labute approximate surface area is 103 Å². The molecule has 1 aromatic rings. The Morgan fingerprint density at radius 2 is 2.41 bits per heavy atom. The summed E-state index contributed by atoms with van der Waals surface area (Å²) in [6.45, 7) is 8.46. The van der Waals surface area contributed by atoms with Crippen LogP contribution in [-0.2, 0) is 6.42 Å². The normalized spacial score (nSPS) is 21.9. The number of nitrogens with zero attached hydrogens (tertiary/aromatic N) is 3. The van der Waals surface area contributed by atoms with Crippen molar-refractivity contribution in [1.82, 2.24) is 20.4 Å². The maximum atomic E-state index is 4.97. The molecule has 17 heavy (non-hydrogen) atoms. The molecule has 2 rings (SSSR count). The molecule has 1 aromatic heterocycles. The number of aryl methyl sites for hydroxylation is 1. The van der Waals surface area contributed by atoms with Gasteiger partial charge in [-0.2, -0.15) is 4.98 Å². The highest BCUT2D eigenvalue weighted by atomic mass is 16.5. The fourth-order valence-electron chi connectivity index (χ4n) is 2.34. The number of hydrogen-bond donors (Lipinski definition) is 1. The maximum absolute atomic E-state index is 4.97. The second-order valence-electron chi connectivity index (χ2n) is 4.72. The first kappa shape index (κ1) is 12.5. The third kappa shape index (κ3) is 3.78. The highest BCUT2D eigenvalue weighted by Crippen LogP contribution is 2.06. The van der Waals surface area contributed by atoms with Crippen LogP contribution >= 0.6 is 0 Å². The van der Waals surface area contributed by atoms with Gasteiger partial charge in [0.15, 0.2) is 5.82 Å². The molecule has 1 atom stereocenters. The van der Waals surface area contributed by atoms with Crippen molar-refractivity contribution in [3.8, 4) is 0 Å². The van der Waals surface area contributed by atoms with Gasteiger partial charge in [-0.1, -0.05) is 18.5 Å². The van der Waals surface area contributed by atoms with Gasteiger partial charge in [-0.15, -0.1) is 0 Å². The van der Waals surface area contributed by atoms with Crippen LogP contribution in [0.1, 0.15) is 31.5 Å². The van der Waals surface area contributed by atoms with Crippen molar-refractivity contribution in [2.45, 2.75) is 39.2 Å². The average molecular weight is 238 g/mol. The molecule has 1 fully saturated rings. The highest BCUT2D eigenvalue weighted by molar-refractivity contribution is 4.86. The van der Waals surface area contributed by atoms with Gasteiger partial charge in [0.1, 0.15) is 0 Å². The lowest BCUT2D eigenvalue weighted by Gasteiger charge is -2.33. The summed E-state index contributed by atoms with van der Waals surface area (Å²) >= 11 is 0. The fraction of sp³-hybridized carbons (Fsp3) is 0.833. The maximum Gasteiger partial charge on any atom is 0.223 e. The molecule has 0 bridgehead atoms. The van der Waals surface area contributed by atoms with Crippen LogP contribution < -0.4 is 5.32 Å². The first-order valence-electron chi connectivity index (χ1n) is 6.53. The van der Waals surface area contributed by atoms with Crippen LogP contribution in [0.4, 0.5) is 0 Å². The smallest absolute Gasteiger partial charge is 0.223 e. The van der Waals surface area contributed by atoms with Gasteiger partial charge in [-0.05, 0) is 6.42 Å². The highest BCUT2D eigenvalue weighted by Gasteiger charge is 2.18.